The molecular formula is C20H26IN3O3. The number of hydrogen-bond donors (Lipinski definition) is 2. The van der Waals surface area contributed by atoms with E-state index in [-0.39, 0.29) is 36.2 Å². The summed E-state index contributed by atoms with van der Waals surface area (Å²) in [5, 5.41) is 6.53. The minimum Gasteiger partial charge on any atom is -0.489 e. The molecule has 0 radical (unpaired) electrons. The van der Waals surface area contributed by atoms with Gasteiger partial charge in [0.1, 0.15) is 24.6 Å². The molecule has 2 aromatic carbocycles. The lowest BCUT2D eigenvalue weighted by Crippen LogP contribution is -2.47. The third kappa shape index (κ3) is 6.50. The van der Waals surface area contributed by atoms with E-state index in [1.807, 2.05) is 61.5 Å². The van der Waals surface area contributed by atoms with Gasteiger partial charge in [-0.05, 0) is 31.2 Å². The third-order valence-corrected chi connectivity index (χ3v) is 3.93. The van der Waals surface area contributed by atoms with Gasteiger partial charge in [-0.3, -0.25) is 4.99 Å². The van der Waals surface area contributed by atoms with Crippen LogP contribution in [0.4, 0.5) is 0 Å². The van der Waals surface area contributed by atoms with Gasteiger partial charge in [-0.15, -0.1) is 24.0 Å². The first-order valence-corrected chi connectivity index (χ1v) is 8.79. The fraction of sp³-hybridized carbons (Fsp3) is 0.350. The van der Waals surface area contributed by atoms with Crippen molar-refractivity contribution in [3.63, 3.8) is 0 Å². The van der Waals surface area contributed by atoms with E-state index in [0.717, 1.165) is 17.2 Å². The molecule has 2 aromatic rings. The largest absolute Gasteiger partial charge is 0.489 e. The van der Waals surface area contributed by atoms with Crippen molar-refractivity contribution in [3.8, 4) is 17.2 Å². The zero-order valence-electron chi connectivity index (χ0n) is 15.6. The first kappa shape index (κ1) is 21.1. The van der Waals surface area contributed by atoms with E-state index in [9.17, 15) is 0 Å². The molecule has 1 aliphatic heterocycles. The topological polar surface area (TPSA) is 64.1 Å². The van der Waals surface area contributed by atoms with Crippen molar-refractivity contribution in [3.05, 3.63) is 54.6 Å². The van der Waals surface area contributed by atoms with Crippen LogP contribution >= 0.6 is 24.0 Å². The van der Waals surface area contributed by atoms with Crippen LogP contribution in [0.1, 0.15) is 6.92 Å². The molecule has 6 nitrogen and oxygen atoms in total. The summed E-state index contributed by atoms with van der Waals surface area (Å²) >= 11 is 0. The molecule has 1 aliphatic rings. The summed E-state index contributed by atoms with van der Waals surface area (Å²) in [7, 11) is 1.74. The van der Waals surface area contributed by atoms with Crippen LogP contribution < -0.4 is 24.8 Å². The molecule has 146 valence electrons. The fourth-order valence-electron chi connectivity index (χ4n) is 2.61. The van der Waals surface area contributed by atoms with E-state index in [2.05, 4.69) is 15.6 Å². The van der Waals surface area contributed by atoms with Gasteiger partial charge in [0.15, 0.2) is 17.5 Å². The van der Waals surface area contributed by atoms with Crippen molar-refractivity contribution >= 4 is 29.9 Å². The van der Waals surface area contributed by atoms with Gasteiger partial charge < -0.3 is 24.8 Å². The number of rotatable bonds is 6. The fourth-order valence-corrected chi connectivity index (χ4v) is 2.61. The van der Waals surface area contributed by atoms with Gasteiger partial charge in [0, 0.05) is 7.05 Å². The molecule has 0 spiro atoms. The highest BCUT2D eigenvalue weighted by atomic mass is 127. The SMILES string of the molecule is CN=C(NCC(C)Oc1ccccc1)NCC1COc2ccccc2O1.I. The molecular weight excluding hydrogens is 457 g/mol. The molecule has 0 saturated heterocycles. The Morgan fingerprint density at radius 1 is 1.11 bits per heavy atom. The number of aliphatic imine (C=N–C) groups is 1. The van der Waals surface area contributed by atoms with Crippen LogP contribution in [-0.4, -0.2) is 44.9 Å². The first-order chi connectivity index (χ1) is 12.7. The first-order valence-electron chi connectivity index (χ1n) is 8.79. The highest BCUT2D eigenvalue weighted by Gasteiger charge is 2.20. The Balaban J connectivity index is 0.00000261. The van der Waals surface area contributed by atoms with Crippen LogP contribution in [-0.2, 0) is 0 Å². The van der Waals surface area contributed by atoms with Crippen molar-refractivity contribution < 1.29 is 14.2 Å². The maximum atomic E-state index is 5.94. The maximum absolute atomic E-state index is 5.94. The second-order valence-electron chi connectivity index (χ2n) is 6.07. The van der Waals surface area contributed by atoms with Crippen LogP contribution in [0.5, 0.6) is 17.2 Å². The van der Waals surface area contributed by atoms with Crippen LogP contribution in [0.25, 0.3) is 0 Å². The number of hydrogen-bond acceptors (Lipinski definition) is 4. The minimum absolute atomic E-state index is 0. The maximum Gasteiger partial charge on any atom is 0.191 e. The Morgan fingerprint density at radius 2 is 1.81 bits per heavy atom. The van der Waals surface area contributed by atoms with Gasteiger partial charge in [-0.2, -0.15) is 0 Å². The van der Waals surface area contributed by atoms with Gasteiger partial charge in [-0.25, -0.2) is 0 Å². The Labute approximate surface area is 177 Å². The summed E-state index contributed by atoms with van der Waals surface area (Å²) in [6.45, 7) is 3.76. The lowest BCUT2D eigenvalue weighted by Gasteiger charge is -2.27. The number of nitrogens with zero attached hydrogens (tertiary/aromatic N) is 1. The van der Waals surface area contributed by atoms with E-state index in [1.165, 1.54) is 0 Å². The Hall–Kier alpha value is -2.16. The summed E-state index contributed by atoms with van der Waals surface area (Å²) in [6.07, 6.45) is -0.0569. The molecule has 0 saturated carbocycles. The monoisotopic (exact) mass is 483 g/mol. The molecule has 2 N–H and O–H groups in total. The zero-order chi connectivity index (χ0) is 18.2. The second-order valence-corrected chi connectivity index (χ2v) is 6.07. The predicted molar refractivity (Wildman–Crippen MR) is 118 cm³/mol. The number of ether oxygens (including phenoxy) is 3. The van der Waals surface area contributed by atoms with Gasteiger partial charge in [0.05, 0.1) is 13.1 Å². The summed E-state index contributed by atoms with van der Waals surface area (Å²) < 4.78 is 17.5. The number of fused-ring (bicyclic) bond motifs is 1. The zero-order valence-corrected chi connectivity index (χ0v) is 17.9. The summed E-state index contributed by atoms with van der Waals surface area (Å²) in [6, 6.07) is 17.5. The van der Waals surface area contributed by atoms with E-state index < -0.39 is 0 Å². The second kappa shape index (κ2) is 10.9. The van der Waals surface area contributed by atoms with Crippen LogP contribution in [0.2, 0.25) is 0 Å². The molecule has 0 amide bonds. The number of guanidine groups is 1. The van der Waals surface area contributed by atoms with Crippen molar-refractivity contribution in [1.82, 2.24) is 10.6 Å². The van der Waals surface area contributed by atoms with Gasteiger partial charge >= 0.3 is 0 Å². The molecule has 2 atom stereocenters. The van der Waals surface area contributed by atoms with Gasteiger partial charge in [0.25, 0.3) is 0 Å². The molecule has 0 bridgehead atoms. The molecule has 0 aliphatic carbocycles. The number of benzene rings is 2. The van der Waals surface area contributed by atoms with Crippen molar-refractivity contribution in [2.75, 3.05) is 26.7 Å². The Kier molecular flexibility index (Phi) is 8.50. The smallest absolute Gasteiger partial charge is 0.191 e. The number of halogens is 1. The Bertz CT molecular complexity index is 727. The molecule has 3 rings (SSSR count). The third-order valence-electron chi connectivity index (χ3n) is 3.93. The molecule has 2 unspecified atom stereocenters. The lowest BCUT2D eigenvalue weighted by atomic mass is 10.2. The minimum atomic E-state index is -0.0681. The molecule has 27 heavy (non-hydrogen) atoms. The number of nitrogens with one attached hydrogen (secondary N) is 2. The standard InChI is InChI=1S/C20H25N3O3.HI/c1-15(25-16-8-4-3-5-9-16)12-22-20(21-2)23-13-17-14-24-18-10-6-7-11-19(18)26-17;/h3-11,15,17H,12-14H2,1-2H3,(H2,21,22,23);1H. The highest BCUT2D eigenvalue weighted by Crippen LogP contribution is 2.30. The summed E-state index contributed by atoms with van der Waals surface area (Å²) in [5.74, 6) is 3.13. The van der Waals surface area contributed by atoms with E-state index in [1.54, 1.807) is 7.05 Å². The van der Waals surface area contributed by atoms with Crippen LogP contribution in [0.3, 0.4) is 0 Å². The average Bonchev–Trinajstić information content (AvgIpc) is 2.68. The van der Waals surface area contributed by atoms with Crippen LogP contribution in [0, 0.1) is 0 Å². The summed E-state index contributed by atoms with van der Waals surface area (Å²) in [5.41, 5.74) is 0. The van der Waals surface area contributed by atoms with Crippen molar-refractivity contribution in [1.29, 1.82) is 0 Å². The van der Waals surface area contributed by atoms with Crippen LogP contribution in [0.15, 0.2) is 59.6 Å². The molecule has 0 fully saturated rings. The molecule has 7 heteroatoms. The normalized spacial score (nSPS) is 16.7. The lowest BCUT2D eigenvalue weighted by molar-refractivity contribution is 0.0935. The molecule has 0 aromatic heterocycles. The highest BCUT2D eigenvalue weighted by molar-refractivity contribution is 14.0. The van der Waals surface area contributed by atoms with E-state index in [4.69, 9.17) is 14.2 Å². The predicted octanol–water partition coefficient (Wildman–Crippen LogP) is 3.08. The van der Waals surface area contributed by atoms with Gasteiger partial charge in [0.2, 0.25) is 0 Å². The molecule has 1 heterocycles. The van der Waals surface area contributed by atoms with E-state index >= 15 is 0 Å². The summed E-state index contributed by atoms with van der Waals surface area (Å²) in [4.78, 5) is 4.24. The Morgan fingerprint density at radius 3 is 2.56 bits per heavy atom. The van der Waals surface area contributed by atoms with E-state index in [0.29, 0.717) is 25.7 Å². The van der Waals surface area contributed by atoms with Gasteiger partial charge in [-0.1, -0.05) is 30.3 Å². The number of para-hydroxylation sites is 3. The quantitative estimate of drug-likeness (QED) is 0.376. The van der Waals surface area contributed by atoms with Crippen molar-refractivity contribution in [2.24, 2.45) is 4.99 Å². The average molecular weight is 483 g/mol. The van der Waals surface area contributed by atoms with Crippen molar-refractivity contribution in [2.45, 2.75) is 19.1 Å².